The van der Waals surface area contributed by atoms with Gasteiger partial charge >= 0.3 is 5.69 Å². The van der Waals surface area contributed by atoms with Crippen LogP contribution < -0.4 is 10.4 Å². The molecule has 190 valence electrons. The van der Waals surface area contributed by atoms with Crippen molar-refractivity contribution in [2.24, 2.45) is 0 Å². The molecule has 0 amide bonds. The minimum absolute atomic E-state index is 0.0186. The number of nitrogens with one attached hydrogen (secondary N) is 1. The van der Waals surface area contributed by atoms with Gasteiger partial charge in [0.2, 0.25) is 10.0 Å². The Morgan fingerprint density at radius 3 is 2.56 bits per heavy atom. The Kier molecular flexibility index (Phi) is 5.79. The van der Waals surface area contributed by atoms with Gasteiger partial charge in [-0.05, 0) is 25.1 Å². The van der Waals surface area contributed by atoms with Crippen molar-refractivity contribution in [1.29, 1.82) is 0 Å². The number of halogens is 4. The molecule has 2 aromatic heterocycles. The fourth-order valence-corrected chi connectivity index (χ4v) is 5.27. The molecule has 1 aliphatic rings. The first-order valence-corrected chi connectivity index (χ1v) is 12.6. The molecule has 1 atom stereocenters. The molecule has 0 radical (unpaired) electrons. The van der Waals surface area contributed by atoms with E-state index >= 15 is 0 Å². The van der Waals surface area contributed by atoms with E-state index in [0.29, 0.717) is 0 Å². The Balaban J connectivity index is 1.55. The maximum absolute atomic E-state index is 14.7. The highest BCUT2D eigenvalue weighted by molar-refractivity contribution is 7.89. The standard InChI is InChI=1S/C23H20F4N4O4S/c1-2-36(33,34)29-19-12-31-13(9-23(19,26)27)10-30(22(31)32)11-17-21-14(5-3-8-18(21)35-28-17)20-15(24)6-4-7-16(20)25/h3-8,10,19,29H,2,9,11-12H2,1H3. The molecule has 0 aliphatic carbocycles. The number of benzene rings is 2. The lowest BCUT2D eigenvalue weighted by molar-refractivity contribution is -0.0468. The van der Waals surface area contributed by atoms with Crippen molar-refractivity contribution in [3.63, 3.8) is 0 Å². The van der Waals surface area contributed by atoms with Crippen LogP contribution in [-0.4, -0.2) is 40.4 Å². The van der Waals surface area contributed by atoms with E-state index in [1.807, 2.05) is 4.72 Å². The molecule has 2 aromatic carbocycles. The zero-order chi connectivity index (χ0) is 25.8. The van der Waals surface area contributed by atoms with E-state index < -0.39 is 52.3 Å². The van der Waals surface area contributed by atoms with Crippen LogP contribution in [0.2, 0.25) is 0 Å². The fraction of sp³-hybridized carbons (Fsp3) is 0.304. The third kappa shape index (κ3) is 4.11. The summed E-state index contributed by atoms with van der Waals surface area (Å²) in [4.78, 5) is 13.1. The number of fused-ring (bicyclic) bond motifs is 2. The summed E-state index contributed by atoms with van der Waals surface area (Å²) in [7, 11) is -3.94. The van der Waals surface area contributed by atoms with Crippen LogP contribution in [0.3, 0.4) is 0 Å². The number of imidazole rings is 1. The molecule has 1 N–H and O–H groups in total. The van der Waals surface area contributed by atoms with Gasteiger partial charge in [-0.25, -0.2) is 35.5 Å². The number of sulfonamides is 1. The highest BCUT2D eigenvalue weighted by Gasteiger charge is 2.46. The van der Waals surface area contributed by atoms with Crippen LogP contribution in [0.25, 0.3) is 22.1 Å². The first-order valence-electron chi connectivity index (χ1n) is 11.0. The van der Waals surface area contributed by atoms with Gasteiger partial charge in [-0.1, -0.05) is 23.4 Å². The summed E-state index contributed by atoms with van der Waals surface area (Å²) in [6.07, 6.45) is 0.394. The number of alkyl halides is 2. The Morgan fingerprint density at radius 2 is 1.86 bits per heavy atom. The van der Waals surface area contributed by atoms with Crippen molar-refractivity contribution in [1.82, 2.24) is 19.0 Å². The number of hydrogen-bond acceptors (Lipinski definition) is 5. The largest absolute Gasteiger partial charge is 0.356 e. The van der Waals surface area contributed by atoms with Crippen LogP contribution in [0.15, 0.2) is 51.9 Å². The summed E-state index contributed by atoms with van der Waals surface area (Å²) in [5, 5.41) is 4.23. The third-order valence-corrected chi connectivity index (χ3v) is 7.65. The first-order chi connectivity index (χ1) is 17.0. The fourth-order valence-electron chi connectivity index (χ4n) is 4.42. The summed E-state index contributed by atoms with van der Waals surface area (Å²) >= 11 is 0. The van der Waals surface area contributed by atoms with E-state index in [9.17, 15) is 30.8 Å². The summed E-state index contributed by atoms with van der Waals surface area (Å²) in [6.45, 7) is 0.537. The molecule has 13 heteroatoms. The van der Waals surface area contributed by atoms with E-state index in [1.165, 1.54) is 25.3 Å². The van der Waals surface area contributed by atoms with Crippen LogP contribution in [0.5, 0.6) is 0 Å². The summed E-state index contributed by atoms with van der Waals surface area (Å²) in [6, 6.07) is 6.25. The third-order valence-electron chi connectivity index (χ3n) is 6.24. The molecule has 1 aliphatic heterocycles. The van der Waals surface area contributed by atoms with Crippen molar-refractivity contribution in [2.75, 3.05) is 5.75 Å². The normalized spacial score (nSPS) is 17.4. The van der Waals surface area contributed by atoms with Gasteiger partial charge in [0.1, 0.15) is 23.4 Å². The lowest BCUT2D eigenvalue weighted by Gasteiger charge is -2.32. The quantitative estimate of drug-likeness (QED) is 0.391. The minimum atomic E-state index is -3.94. The zero-order valence-corrected chi connectivity index (χ0v) is 19.7. The predicted molar refractivity (Wildman–Crippen MR) is 122 cm³/mol. The smallest absolute Gasteiger partial charge is 0.328 e. The van der Waals surface area contributed by atoms with Gasteiger partial charge in [-0.3, -0.25) is 9.13 Å². The van der Waals surface area contributed by atoms with Crippen LogP contribution in [0.4, 0.5) is 17.6 Å². The molecule has 8 nitrogen and oxygen atoms in total. The number of hydrogen-bond donors (Lipinski definition) is 1. The molecule has 0 saturated carbocycles. The summed E-state index contributed by atoms with van der Waals surface area (Å²) < 4.78 is 91.7. The molecule has 0 spiro atoms. The van der Waals surface area contributed by atoms with Crippen LogP contribution >= 0.6 is 0 Å². The van der Waals surface area contributed by atoms with E-state index in [-0.39, 0.29) is 45.8 Å². The molecule has 5 rings (SSSR count). The van der Waals surface area contributed by atoms with Crippen LogP contribution in [0, 0.1) is 11.6 Å². The topological polar surface area (TPSA) is 99.1 Å². The van der Waals surface area contributed by atoms with Crippen molar-refractivity contribution >= 4 is 21.0 Å². The highest BCUT2D eigenvalue weighted by atomic mass is 32.2. The molecule has 3 heterocycles. The number of rotatable bonds is 6. The zero-order valence-electron chi connectivity index (χ0n) is 18.8. The average Bonchev–Trinajstić information content (AvgIpc) is 3.35. The van der Waals surface area contributed by atoms with Crippen molar-refractivity contribution in [3.05, 3.63) is 76.1 Å². The monoisotopic (exact) mass is 524 g/mol. The van der Waals surface area contributed by atoms with Crippen molar-refractivity contribution < 1.29 is 30.5 Å². The van der Waals surface area contributed by atoms with Crippen molar-refractivity contribution in [2.45, 2.75) is 38.4 Å². The molecule has 4 aromatic rings. The van der Waals surface area contributed by atoms with Gasteiger partial charge in [0, 0.05) is 24.0 Å². The Hall–Kier alpha value is -3.45. The number of aromatic nitrogens is 3. The number of nitrogens with zero attached hydrogens (tertiary/aromatic N) is 3. The van der Waals surface area contributed by atoms with Crippen molar-refractivity contribution in [3.8, 4) is 11.1 Å². The predicted octanol–water partition coefficient (Wildman–Crippen LogP) is 3.28. The molecule has 0 saturated heterocycles. The maximum Gasteiger partial charge on any atom is 0.328 e. The van der Waals surface area contributed by atoms with Gasteiger partial charge in [0.15, 0.2) is 5.58 Å². The van der Waals surface area contributed by atoms with Gasteiger partial charge < -0.3 is 4.52 Å². The van der Waals surface area contributed by atoms with E-state index in [4.69, 9.17) is 4.52 Å². The first kappa shape index (κ1) is 24.3. The SMILES string of the molecule is CCS(=O)(=O)NC1Cn2c(cn(Cc3noc4cccc(-c5c(F)cccc5F)c34)c2=O)CC1(F)F. The Morgan fingerprint density at radius 1 is 1.17 bits per heavy atom. The molecular formula is C23H20F4N4O4S. The summed E-state index contributed by atoms with van der Waals surface area (Å²) in [5.41, 5.74) is -0.373. The molecular weight excluding hydrogens is 504 g/mol. The second-order valence-corrected chi connectivity index (χ2v) is 10.6. The molecule has 0 fully saturated rings. The highest BCUT2D eigenvalue weighted by Crippen LogP contribution is 2.35. The minimum Gasteiger partial charge on any atom is -0.356 e. The van der Waals surface area contributed by atoms with E-state index in [0.717, 1.165) is 21.3 Å². The maximum atomic E-state index is 14.7. The second-order valence-electron chi connectivity index (χ2n) is 8.56. The second kappa shape index (κ2) is 8.59. The Bertz CT molecular complexity index is 1620. The Labute approximate surface area is 202 Å². The van der Waals surface area contributed by atoms with Gasteiger partial charge in [-0.15, -0.1) is 0 Å². The van der Waals surface area contributed by atoms with E-state index in [2.05, 4.69) is 5.16 Å². The molecule has 1 unspecified atom stereocenters. The summed E-state index contributed by atoms with van der Waals surface area (Å²) in [5.74, 6) is -5.40. The lowest BCUT2D eigenvalue weighted by atomic mass is 9.99. The lowest BCUT2D eigenvalue weighted by Crippen LogP contribution is -2.55. The van der Waals surface area contributed by atoms with Crippen LogP contribution in [0.1, 0.15) is 18.3 Å². The van der Waals surface area contributed by atoms with Gasteiger partial charge in [0.05, 0.1) is 29.7 Å². The van der Waals surface area contributed by atoms with Crippen LogP contribution in [-0.2, 0) is 29.5 Å². The van der Waals surface area contributed by atoms with Gasteiger partial charge in [-0.2, -0.15) is 0 Å². The molecule has 0 bridgehead atoms. The average molecular weight is 524 g/mol. The van der Waals surface area contributed by atoms with E-state index in [1.54, 1.807) is 12.1 Å². The van der Waals surface area contributed by atoms with Gasteiger partial charge in [0.25, 0.3) is 5.92 Å². The molecule has 36 heavy (non-hydrogen) atoms.